The number of aliphatic hydroxyl groups is 6. The zero-order chi connectivity index (χ0) is 28.5. The van der Waals surface area contributed by atoms with Crippen LogP contribution >= 0.6 is 0 Å². The van der Waals surface area contributed by atoms with Crippen LogP contribution in [0.2, 0.25) is 0 Å². The van der Waals surface area contributed by atoms with E-state index in [4.69, 9.17) is 28.4 Å². The van der Waals surface area contributed by atoms with E-state index in [0.29, 0.717) is 13.2 Å². The van der Waals surface area contributed by atoms with Crippen LogP contribution in [0.3, 0.4) is 0 Å². The molecule has 0 aliphatic carbocycles. The number of unbranched alkanes of at least 4 members (excludes halogenated alkanes) is 6. The Bertz CT molecular complexity index is 554. The summed E-state index contributed by atoms with van der Waals surface area (Å²) in [5.41, 5.74) is 0. The summed E-state index contributed by atoms with van der Waals surface area (Å²) in [7, 11) is 2.75. The molecule has 4 unspecified atom stereocenters. The van der Waals surface area contributed by atoms with Crippen LogP contribution < -0.4 is 0 Å². The molecule has 0 aromatic heterocycles. The Morgan fingerprint density at radius 3 is 1.66 bits per heavy atom. The van der Waals surface area contributed by atoms with Gasteiger partial charge in [-0.05, 0) is 12.8 Å². The van der Waals surface area contributed by atoms with Crippen LogP contribution in [0.1, 0.15) is 65.2 Å². The van der Waals surface area contributed by atoms with Gasteiger partial charge in [0, 0.05) is 27.4 Å². The fraction of sp³-hybridized carbons (Fsp3) is 1.00. The Kier molecular flexibility index (Phi) is 19.1. The number of ether oxygens (including phenoxy) is 6. The van der Waals surface area contributed by atoms with Gasteiger partial charge in [-0.1, -0.05) is 52.4 Å². The summed E-state index contributed by atoms with van der Waals surface area (Å²) in [4.78, 5) is 0. The molecule has 0 bridgehead atoms. The third kappa shape index (κ3) is 11.6. The normalized spacial score (nSPS) is 35.5. The van der Waals surface area contributed by atoms with Crippen molar-refractivity contribution in [2.45, 2.75) is 127 Å². The van der Waals surface area contributed by atoms with Crippen LogP contribution in [0.5, 0.6) is 0 Å². The molecule has 12 heteroatoms. The van der Waals surface area contributed by atoms with Crippen LogP contribution in [0.4, 0.5) is 0 Å². The smallest absolute Gasteiger partial charge is 0.186 e. The van der Waals surface area contributed by atoms with Gasteiger partial charge in [-0.3, -0.25) is 0 Å². The van der Waals surface area contributed by atoms with E-state index in [2.05, 4.69) is 13.8 Å². The first kappa shape index (κ1) is 35.5. The van der Waals surface area contributed by atoms with E-state index in [1.54, 1.807) is 0 Å². The van der Waals surface area contributed by atoms with Crippen LogP contribution in [0.15, 0.2) is 0 Å². The van der Waals surface area contributed by atoms with Crippen molar-refractivity contribution in [2.24, 2.45) is 0 Å². The highest BCUT2D eigenvalue weighted by atomic mass is 16.7. The molecule has 0 radical (unpaired) electrons. The largest absolute Gasteiger partial charge is 0.394 e. The van der Waals surface area contributed by atoms with Crippen molar-refractivity contribution in [3.05, 3.63) is 0 Å². The molecule has 0 saturated carbocycles. The minimum absolute atomic E-state index is 0.178. The summed E-state index contributed by atoms with van der Waals surface area (Å²) < 4.78 is 31.5. The molecule has 0 aromatic rings. The quantitative estimate of drug-likeness (QED) is 0.141. The minimum Gasteiger partial charge on any atom is -0.394 e. The van der Waals surface area contributed by atoms with Gasteiger partial charge in [0.2, 0.25) is 0 Å². The van der Waals surface area contributed by atoms with Gasteiger partial charge in [0.05, 0.1) is 13.2 Å². The van der Waals surface area contributed by atoms with Gasteiger partial charge in [0.25, 0.3) is 0 Å². The van der Waals surface area contributed by atoms with Crippen molar-refractivity contribution in [2.75, 3.05) is 40.6 Å². The number of methoxy groups -OCH3 is 2. The molecular formula is C26H52O12. The Hall–Kier alpha value is -0.480. The van der Waals surface area contributed by atoms with Gasteiger partial charge < -0.3 is 59.1 Å². The summed E-state index contributed by atoms with van der Waals surface area (Å²) in [6, 6.07) is 0. The third-order valence-electron chi connectivity index (χ3n) is 6.69. The summed E-state index contributed by atoms with van der Waals surface area (Å²) in [5, 5.41) is 58.1. The second-order valence-electron chi connectivity index (χ2n) is 9.72. The standard InChI is InChI=1S/2C13H26O6/c1-3-4-5-6-7-18-12-9(8-14)19-13(17-2)11(16)10(12)15;1-3-4-5-6-7-18-8-9-10(14)11(15)12(16)13(17-2)19-9/h2*9-16H,3-8H2,1-2H3/t9?,10-,11?,12-,13+;9?,10-,11+,12?,13+/m11/s1. The van der Waals surface area contributed by atoms with E-state index in [1.807, 2.05) is 0 Å². The van der Waals surface area contributed by atoms with Crippen molar-refractivity contribution < 1.29 is 59.1 Å². The fourth-order valence-corrected chi connectivity index (χ4v) is 4.28. The second-order valence-corrected chi connectivity index (χ2v) is 9.72. The minimum atomic E-state index is -1.28. The van der Waals surface area contributed by atoms with Crippen LogP contribution in [0, 0.1) is 0 Å². The predicted molar refractivity (Wildman–Crippen MR) is 137 cm³/mol. The van der Waals surface area contributed by atoms with Crippen LogP contribution in [0.25, 0.3) is 0 Å². The van der Waals surface area contributed by atoms with Crippen molar-refractivity contribution in [3.63, 3.8) is 0 Å². The highest BCUT2D eigenvalue weighted by Gasteiger charge is 2.45. The Balaban J connectivity index is 0.000000380. The molecule has 2 aliphatic rings. The molecule has 2 fully saturated rings. The van der Waals surface area contributed by atoms with E-state index in [-0.39, 0.29) is 13.2 Å². The predicted octanol–water partition coefficient (Wildman–Crippen LogP) is 0.0746. The van der Waals surface area contributed by atoms with E-state index >= 15 is 0 Å². The molecule has 10 atom stereocenters. The summed E-state index contributed by atoms with van der Waals surface area (Å²) in [6.07, 6.45) is -1.30. The summed E-state index contributed by atoms with van der Waals surface area (Å²) in [5.74, 6) is 0. The second kappa shape index (κ2) is 20.4. The monoisotopic (exact) mass is 556 g/mol. The molecule has 6 N–H and O–H groups in total. The maximum Gasteiger partial charge on any atom is 0.186 e. The van der Waals surface area contributed by atoms with Gasteiger partial charge in [-0.25, -0.2) is 0 Å². The molecule has 0 amide bonds. The summed E-state index contributed by atoms with van der Waals surface area (Å²) >= 11 is 0. The lowest BCUT2D eigenvalue weighted by atomic mass is 9.99. The number of hydrogen-bond acceptors (Lipinski definition) is 12. The average Bonchev–Trinajstić information content (AvgIpc) is 2.93. The Morgan fingerprint density at radius 1 is 0.605 bits per heavy atom. The maximum atomic E-state index is 10.00. The van der Waals surface area contributed by atoms with E-state index in [0.717, 1.165) is 38.5 Å². The molecule has 0 aromatic carbocycles. The molecule has 2 rings (SSSR count). The molecule has 228 valence electrons. The van der Waals surface area contributed by atoms with Gasteiger partial charge in [0.15, 0.2) is 12.6 Å². The van der Waals surface area contributed by atoms with E-state index < -0.39 is 61.4 Å². The third-order valence-corrected chi connectivity index (χ3v) is 6.69. The van der Waals surface area contributed by atoms with Gasteiger partial charge in [-0.2, -0.15) is 0 Å². The highest BCUT2D eigenvalue weighted by Crippen LogP contribution is 2.24. The van der Waals surface area contributed by atoms with Gasteiger partial charge >= 0.3 is 0 Å². The molecule has 2 saturated heterocycles. The highest BCUT2D eigenvalue weighted by molar-refractivity contribution is 4.90. The maximum absolute atomic E-state index is 10.00. The lowest BCUT2D eigenvalue weighted by Crippen LogP contribution is -2.59. The van der Waals surface area contributed by atoms with Crippen molar-refractivity contribution in [1.82, 2.24) is 0 Å². The molecule has 38 heavy (non-hydrogen) atoms. The number of hydrogen-bond donors (Lipinski definition) is 6. The molecule has 2 aliphatic heterocycles. The first-order valence-electron chi connectivity index (χ1n) is 13.8. The zero-order valence-electron chi connectivity index (χ0n) is 23.4. The lowest BCUT2D eigenvalue weighted by molar-refractivity contribution is -0.301. The van der Waals surface area contributed by atoms with E-state index in [9.17, 15) is 30.6 Å². The topological polar surface area (TPSA) is 177 Å². The molecule has 12 nitrogen and oxygen atoms in total. The lowest BCUT2D eigenvalue weighted by Gasteiger charge is -2.41. The van der Waals surface area contributed by atoms with Crippen LogP contribution in [-0.4, -0.2) is 133 Å². The fourth-order valence-electron chi connectivity index (χ4n) is 4.28. The molecular weight excluding hydrogens is 504 g/mol. The van der Waals surface area contributed by atoms with Crippen LogP contribution in [-0.2, 0) is 28.4 Å². The number of aliphatic hydroxyl groups excluding tert-OH is 6. The molecule has 0 spiro atoms. The van der Waals surface area contributed by atoms with Crippen molar-refractivity contribution in [3.8, 4) is 0 Å². The zero-order valence-corrected chi connectivity index (χ0v) is 23.4. The van der Waals surface area contributed by atoms with Gasteiger partial charge in [0.1, 0.15) is 48.8 Å². The van der Waals surface area contributed by atoms with Crippen molar-refractivity contribution >= 4 is 0 Å². The van der Waals surface area contributed by atoms with E-state index in [1.165, 1.54) is 27.1 Å². The average molecular weight is 557 g/mol. The first-order chi connectivity index (χ1) is 18.3. The van der Waals surface area contributed by atoms with Gasteiger partial charge in [-0.15, -0.1) is 0 Å². The Labute approximate surface area is 226 Å². The van der Waals surface area contributed by atoms with Crippen molar-refractivity contribution in [1.29, 1.82) is 0 Å². The first-order valence-corrected chi connectivity index (χ1v) is 13.8. The molecule has 2 heterocycles. The SMILES string of the molecule is CCCCCCOCC1O[C@H](OC)C(O)[C@@H](O)[C@@H]1O.CCCCCCO[C@@H]1C(CO)O[C@H](OC)C(O)[C@H]1O. The number of rotatable bonds is 16. The summed E-state index contributed by atoms with van der Waals surface area (Å²) in [6.45, 7) is 5.24. The Morgan fingerprint density at radius 2 is 1.13 bits per heavy atom.